The number of hydrogen-bond acceptors (Lipinski definition) is 6. The highest BCUT2D eigenvalue weighted by Crippen LogP contribution is 2.18. The van der Waals surface area contributed by atoms with Crippen molar-refractivity contribution in [2.75, 3.05) is 27.3 Å². The molecule has 0 fully saturated rings. The molecule has 1 heterocycles. The Bertz CT molecular complexity index is 963. The minimum atomic E-state index is -3.47. The lowest BCUT2D eigenvalue weighted by Gasteiger charge is -2.12. The average molecular weight is 438 g/mol. The van der Waals surface area contributed by atoms with Gasteiger partial charge in [-0.2, -0.15) is 5.10 Å². The molecule has 0 saturated heterocycles. The van der Waals surface area contributed by atoms with Crippen molar-refractivity contribution >= 4 is 16.0 Å². The van der Waals surface area contributed by atoms with Crippen molar-refractivity contribution < 1.29 is 22.7 Å². The first-order valence-electron chi connectivity index (χ1n) is 9.86. The molecular weight excluding hydrogens is 406 g/mol. The first-order chi connectivity index (χ1) is 14.0. The average Bonchev–Trinajstić information content (AvgIpc) is 2.92. The van der Waals surface area contributed by atoms with Gasteiger partial charge in [0.05, 0.1) is 17.0 Å². The van der Waals surface area contributed by atoms with Crippen molar-refractivity contribution in [3.8, 4) is 5.75 Å². The molecule has 9 heteroatoms. The van der Waals surface area contributed by atoms with Gasteiger partial charge in [0.15, 0.2) is 0 Å². The number of nitrogens with zero attached hydrogens (tertiary/aromatic N) is 3. The van der Waals surface area contributed by atoms with E-state index in [4.69, 9.17) is 9.47 Å². The first kappa shape index (κ1) is 23.9. The van der Waals surface area contributed by atoms with Crippen LogP contribution in [0.4, 0.5) is 0 Å². The first-order valence-corrected chi connectivity index (χ1v) is 11.3. The van der Waals surface area contributed by atoms with E-state index in [1.807, 2.05) is 18.5 Å². The molecule has 2 rings (SSSR count). The Balaban J connectivity index is 1.82. The molecule has 0 N–H and O–H groups in total. The Kier molecular flexibility index (Phi) is 8.03. The lowest BCUT2D eigenvalue weighted by Crippen LogP contribution is -2.22. The third kappa shape index (κ3) is 6.06. The molecule has 0 unspecified atom stereocenters. The third-order valence-electron chi connectivity index (χ3n) is 4.61. The van der Waals surface area contributed by atoms with Crippen molar-refractivity contribution in [1.82, 2.24) is 14.1 Å². The quantitative estimate of drug-likeness (QED) is 0.419. The molecule has 0 bridgehead atoms. The van der Waals surface area contributed by atoms with Gasteiger partial charge in [-0.15, -0.1) is 0 Å². The SMILES string of the molecule is Cc1nn(CC(C)C)c(C)c1CC(=O)OCCOc1ccc(S(=O)(=O)N(C)C)cc1. The van der Waals surface area contributed by atoms with Gasteiger partial charge in [-0.05, 0) is 44.0 Å². The fourth-order valence-electron chi connectivity index (χ4n) is 2.94. The largest absolute Gasteiger partial charge is 0.490 e. The molecule has 0 atom stereocenters. The highest BCUT2D eigenvalue weighted by molar-refractivity contribution is 7.89. The van der Waals surface area contributed by atoms with Gasteiger partial charge in [-0.25, -0.2) is 12.7 Å². The van der Waals surface area contributed by atoms with Gasteiger partial charge in [-0.1, -0.05) is 13.8 Å². The van der Waals surface area contributed by atoms with Gasteiger partial charge < -0.3 is 9.47 Å². The van der Waals surface area contributed by atoms with Crippen molar-refractivity contribution in [2.45, 2.75) is 45.6 Å². The van der Waals surface area contributed by atoms with Crippen LogP contribution in [-0.4, -0.2) is 55.8 Å². The van der Waals surface area contributed by atoms with Gasteiger partial charge in [-0.3, -0.25) is 9.48 Å². The molecule has 0 aliphatic heterocycles. The normalized spacial score (nSPS) is 11.9. The van der Waals surface area contributed by atoms with E-state index in [1.165, 1.54) is 26.2 Å². The Hall–Kier alpha value is -2.39. The predicted octanol–water partition coefficient (Wildman–Crippen LogP) is 2.57. The lowest BCUT2D eigenvalue weighted by molar-refractivity contribution is -0.143. The molecule has 8 nitrogen and oxygen atoms in total. The van der Waals surface area contributed by atoms with Crippen molar-refractivity contribution in [1.29, 1.82) is 0 Å². The van der Waals surface area contributed by atoms with Crippen LogP contribution in [0.1, 0.15) is 30.8 Å². The van der Waals surface area contributed by atoms with Gasteiger partial charge in [0.25, 0.3) is 0 Å². The summed E-state index contributed by atoms with van der Waals surface area (Å²) < 4.78 is 38.0. The second-order valence-corrected chi connectivity index (χ2v) is 9.88. The fraction of sp³-hybridized carbons (Fsp3) is 0.524. The molecule has 0 amide bonds. The van der Waals surface area contributed by atoms with Crippen LogP contribution in [0.3, 0.4) is 0 Å². The Morgan fingerprint density at radius 2 is 1.77 bits per heavy atom. The highest BCUT2D eigenvalue weighted by Gasteiger charge is 2.17. The van der Waals surface area contributed by atoms with Crippen LogP contribution in [-0.2, 0) is 32.5 Å². The summed E-state index contributed by atoms with van der Waals surface area (Å²) in [5.41, 5.74) is 2.73. The number of carbonyl (C=O) groups is 1. The number of benzene rings is 1. The number of aryl methyl sites for hydroxylation is 1. The number of rotatable bonds is 10. The lowest BCUT2D eigenvalue weighted by atomic mass is 10.1. The molecule has 0 aliphatic rings. The molecule has 1 aromatic heterocycles. The zero-order chi connectivity index (χ0) is 22.5. The van der Waals surface area contributed by atoms with E-state index >= 15 is 0 Å². The molecule has 0 saturated carbocycles. The molecule has 0 spiro atoms. The van der Waals surface area contributed by atoms with Crippen LogP contribution >= 0.6 is 0 Å². The summed E-state index contributed by atoms with van der Waals surface area (Å²) in [6.45, 7) is 9.21. The van der Waals surface area contributed by atoms with Crippen molar-refractivity contribution in [3.05, 3.63) is 41.2 Å². The number of carbonyl (C=O) groups excluding carboxylic acids is 1. The number of aromatic nitrogens is 2. The highest BCUT2D eigenvalue weighted by atomic mass is 32.2. The van der Waals surface area contributed by atoms with Crippen LogP contribution in [0.5, 0.6) is 5.75 Å². The molecule has 30 heavy (non-hydrogen) atoms. The van der Waals surface area contributed by atoms with Gasteiger partial charge in [0.1, 0.15) is 19.0 Å². The Labute approximate surface area is 178 Å². The third-order valence-corrected chi connectivity index (χ3v) is 6.44. The number of hydrogen-bond donors (Lipinski definition) is 0. The van der Waals surface area contributed by atoms with E-state index in [0.29, 0.717) is 11.7 Å². The monoisotopic (exact) mass is 437 g/mol. The molecule has 0 aliphatic carbocycles. The summed E-state index contributed by atoms with van der Waals surface area (Å²) in [6.07, 6.45) is 0.173. The maximum atomic E-state index is 12.2. The minimum Gasteiger partial charge on any atom is -0.490 e. The van der Waals surface area contributed by atoms with Crippen molar-refractivity contribution in [2.24, 2.45) is 5.92 Å². The zero-order valence-corrected chi connectivity index (χ0v) is 19.3. The van der Waals surface area contributed by atoms with Crippen LogP contribution < -0.4 is 4.74 Å². The van der Waals surface area contributed by atoms with Crippen LogP contribution in [0.25, 0.3) is 0 Å². The summed E-state index contributed by atoms with van der Waals surface area (Å²) in [7, 11) is -0.513. The molecule has 0 radical (unpaired) electrons. The fourth-order valence-corrected chi connectivity index (χ4v) is 3.84. The summed E-state index contributed by atoms with van der Waals surface area (Å²) in [4.78, 5) is 12.4. The Morgan fingerprint density at radius 3 is 2.33 bits per heavy atom. The van der Waals surface area contributed by atoms with Crippen molar-refractivity contribution in [3.63, 3.8) is 0 Å². The molecule has 2 aromatic rings. The van der Waals surface area contributed by atoms with E-state index in [1.54, 1.807) is 12.1 Å². The summed E-state index contributed by atoms with van der Waals surface area (Å²) >= 11 is 0. The molecule has 166 valence electrons. The van der Waals surface area contributed by atoms with Gasteiger partial charge in [0, 0.05) is 31.9 Å². The second kappa shape index (κ2) is 10.1. The maximum Gasteiger partial charge on any atom is 0.310 e. The van der Waals surface area contributed by atoms with Crippen LogP contribution in [0.15, 0.2) is 29.2 Å². The molecule has 1 aromatic carbocycles. The summed E-state index contributed by atoms with van der Waals surface area (Å²) in [5.74, 6) is 0.642. The van der Waals surface area contributed by atoms with E-state index in [2.05, 4.69) is 18.9 Å². The molecular formula is C21H31N3O5S. The zero-order valence-electron chi connectivity index (χ0n) is 18.5. The topological polar surface area (TPSA) is 90.7 Å². The standard InChI is InChI=1S/C21H31N3O5S/c1-15(2)14-24-17(4)20(16(3)22-24)13-21(25)29-12-11-28-18-7-9-19(10-8-18)30(26,27)23(5)6/h7-10,15H,11-14H2,1-6H3. The van der Waals surface area contributed by atoms with Gasteiger partial charge >= 0.3 is 5.97 Å². The van der Waals surface area contributed by atoms with E-state index in [9.17, 15) is 13.2 Å². The van der Waals surface area contributed by atoms with E-state index in [0.717, 1.165) is 27.8 Å². The smallest absolute Gasteiger partial charge is 0.310 e. The van der Waals surface area contributed by atoms with Crippen LogP contribution in [0, 0.1) is 19.8 Å². The number of sulfonamides is 1. The van der Waals surface area contributed by atoms with E-state index in [-0.39, 0.29) is 30.5 Å². The number of esters is 1. The van der Waals surface area contributed by atoms with Gasteiger partial charge in [0.2, 0.25) is 10.0 Å². The maximum absolute atomic E-state index is 12.2. The minimum absolute atomic E-state index is 0.106. The predicted molar refractivity (Wildman–Crippen MR) is 114 cm³/mol. The van der Waals surface area contributed by atoms with E-state index < -0.39 is 10.0 Å². The summed E-state index contributed by atoms with van der Waals surface area (Å²) in [5, 5.41) is 4.51. The Morgan fingerprint density at radius 1 is 1.13 bits per heavy atom. The number of ether oxygens (including phenoxy) is 2. The summed E-state index contributed by atoms with van der Waals surface area (Å²) in [6, 6.07) is 6.12. The van der Waals surface area contributed by atoms with Crippen LogP contribution in [0.2, 0.25) is 0 Å². The second-order valence-electron chi connectivity index (χ2n) is 7.73.